The highest BCUT2D eigenvalue weighted by Gasteiger charge is 2.12. The van der Waals surface area contributed by atoms with Crippen molar-refractivity contribution >= 4 is 15.9 Å². The first-order valence-corrected chi connectivity index (χ1v) is 6.73. The second kappa shape index (κ2) is 6.04. The highest BCUT2D eigenvalue weighted by Crippen LogP contribution is 2.33. The number of nitrogens with zero attached hydrogens (tertiary/aromatic N) is 1. The van der Waals surface area contributed by atoms with Crippen LogP contribution in [0.2, 0.25) is 0 Å². The Morgan fingerprint density at radius 2 is 2.05 bits per heavy atom. The maximum Gasteiger partial charge on any atom is 0.148 e. The van der Waals surface area contributed by atoms with Gasteiger partial charge in [-0.25, -0.2) is 4.39 Å². The molecule has 0 radical (unpaired) electrons. The van der Waals surface area contributed by atoms with Gasteiger partial charge in [0.2, 0.25) is 0 Å². The van der Waals surface area contributed by atoms with E-state index in [0.29, 0.717) is 10.2 Å². The van der Waals surface area contributed by atoms with E-state index in [4.69, 9.17) is 15.7 Å². The normalized spacial score (nSPS) is 11.8. The first kappa shape index (κ1) is 14.5. The molecule has 2 aromatic carbocycles. The Morgan fingerprint density at radius 3 is 2.65 bits per heavy atom. The summed E-state index contributed by atoms with van der Waals surface area (Å²) in [5, 5.41) is 8.97. The number of nitrogens with two attached hydrogens (primary N) is 1. The van der Waals surface area contributed by atoms with E-state index in [1.54, 1.807) is 18.2 Å². The van der Waals surface area contributed by atoms with Gasteiger partial charge < -0.3 is 10.5 Å². The van der Waals surface area contributed by atoms with Crippen LogP contribution in [0.5, 0.6) is 11.5 Å². The molecule has 1 atom stereocenters. The maximum absolute atomic E-state index is 13.5. The third-order valence-corrected chi connectivity index (χ3v) is 3.41. The third kappa shape index (κ3) is 2.98. The predicted octanol–water partition coefficient (Wildman–Crippen LogP) is 4.27. The van der Waals surface area contributed by atoms with Gasteiger partial charge in [-0.05, 0) is 52.7 Å². The molecule has 0 aliphatic heterocycles. The van der Waals surface area contributed by atoms with Crippen LogP contribution in [0.3, 0.4) is 0 Å². The molecule has 0 heterocycles. The van der Waals surface area contributed by atoms with Gasteiger partial charge >= 0.3 is 0 Å². The summed E-state index contributed by atoms with van der Waals surface area (Å²) in [7, 11) is 0. The van der Waals surface area contributed by atoms with Crippen LogP contribution in [0.25, 0.3) is 0 Å². The minimum atomic E-state index is -0.603. The van der Waals surface area contributed by atoms with Crippen LogP contribution in [0.4, 0.5) is 4.39 Å². The van der Waals surface area contributed by atoms with Crippen LogP contribution in [0, 0.1) is 17.1 Å². The van der Waals surface area contributed by atoms with E-state index in [-0.39, 0.29) is 17.4 Å². The van der Waals surface area contributed by atoms with Gasteiger partial charge in [0.25, 0.3) is 0 Å². The van der Waals surface area contributed by atoms with E-state index in [0.717, 1.165) is 5.56 Å². The molecule has 0 fully saturated rings. The number of benzene rings is 2. The zero-order chi connectivity index (χ0) is 14.7. The molecule has 0 aliphatic carbocycles. The average Bonchev–Trinajstić information content (AvgIpc) is 2.41. The standard InChI is InChI=1S/C15H12BrFN2O/c1-9(19)10-5-6-15(12(16)7-10)20-14-4-2-3-13(17)11(14)8-18/h2-7,9H,19H2,1H3/t9-/m1/s1. The summed E-state index contributed by atoms with van der Waals surface area (Å²) in [6.07, 6.45) is 0. The van der Waals surface area contributed by atoms with Crippen LogP contribution in [-0.4, -0.2) is 0 Å². The number of hydrogen-bond donors (Lipinski definition) is 1. The van der Waals surface area contributed by atoms with Crippen molar-refractivity contribution in [2.45, 2.75) is 13.0 Å². The summed E-state index contributed by atoms with van der Waals surface area (Å²) in [5.74, 6) is 0.0755. The average molecular weight is 335 g/mol. The van der Waals surface area contributed by atoms with Gasteiger partial charge in [0.15, 0.2) is 0 Å². The lowest BCUT2D eigenvalue weighted by Gasteiger charge is -2.12. The molecular weight excluding hydrogens is 323 g/mol. The van der Waals surface area contributed by atoms with Crippen molar-refractivity contribution in [2.75, 3.05) is 0 Å². The van der Waals surface area contributed by atoms with Crippen LogP contribution < -0.4 is 10.5 Å². The molecule has 102 valence electrons. The van der Waals surface area contributed by atoms with Gasteiger partial charge in [-0.2, -0.15) is 5.26 Å². The minimum absolute atomic E-state index is 0.0933. The zero-order valence-electron chi connectivity index (χ0n) is 10.7. The van der Waals surface area contributed by atoms with E-state index >= 15 is 0 Å². The first-order chi connectivity index (χ1) is 9.52. The second-order valence-corrected chi connectivity index (χ2v) is 5.16. The number of ether oxygens (including phenoxy) is 1. The van der Waals surface area contributed by atoms with E-state index in [1.807, 2.05) is 19.1 Å². The molecule has 2 aromatic rings. The largest absolute Gasteiger partial charge is 0.455 e. The summed E-state index contributed by atoms with van der Waals surface area (Å²) in [6, 6.07) is 11.4. The molecule has 0 aromatic heterocycles. The van der Waals surface area contributed by atoms with Crippen molar-refractivity contribution in [3.05, 3.63) is 57.8 Å². The quantitative estimate of drug-likeness (QED) is 0.911. The van der Waals surface area contributed by atoms with Gasteiger partial charge in [-0.1, -0.05) is 12.1 Å². The molecule has 0 saturated heterocycles. The van der Waals surface area contributed by atoms with E-state index < -0.39 is 5.82 Å². The summed E-state index contributed by atoms with van der Waals surface area (Å²) in [4.78, 5) is 0. The topological polar surface area (TPSA) is 59.0 Å². The molecule has 20 heavy (non-hydrogen) atoms. The Bertz CT molecular complexity index is 680. The van der Waals surface area contributed by atoms with Crippen molar-refractivity contribution in [2.24, 2.45) is 5.73 Å². The van der Waals surface area contributed by atoms with Gasteiger partial charge in [0, 0.05) is 6.04 Å². The van der Waals surface area contributed by atoms with Crippen LogP contribution in [0.15, 0.2) is 40.9 Å². The van der Waals surface area contributed by atoms with Crippen molar-refractivity contribution in [3.63, 3.8) is 0 Å². The Balaban J connectivity index is 2.36. The van der Waals surface area contributed by atoms with Crippen molar-refractivity contribution < 1.29 is 9.13 Å². The monoisotopic (exact) mass is 334 g/mol. The lowest BCUT2D eigenvalue weighted by molar-refractivity contribution is 0.471. The van der Waals surface area contributed by atoms with E-state index in [2.05, 4.69) is 15.9 Å². The van der Waals surface area contributed by atoms with Gasteiger partial charge in [-0.15, -0.1) is 0 Å². The lowest BCUT2D eigenvalue weighted by Crippen LogP contribution is -2.04. The molecule has 0 bridgehead atoms. The van der Waals surface area contributed by atoms with Crippen LogP contribution >= 0.6 is 15.9 Å². The number of nitriles is 1. The summed E-state index contributed by atoms with van der Waals surface area (Å²) < 4.78 is 19.8. The highest BCUT2D eigenvalue weighted by atomic mass is 79.9. The maximum atomic E-state index is 13.5. The summed E-state index contributed by atoms with van der Waals surface area (Å²) >= 11 is 3.38. The summed E-state index contributed by atoms with van der Waals surface area (Å²) in [5.41, 5.74) is 6.63. The summed E-state index contributed by atoms with van der Waals surface area (Å²) in [6.45, 7) is 1.88. The molecular formula is C15H12BrFN2O. The van der Waals surface area contributed by atoms with Gasteiger partial charge in [0.1, 0.15) is 28.9 Å². The molecule has 0 unspecified atom stereocenters. The van der Waals surface area contributed by atoms with Gasteiger partial charge in [-0.3, -0.25) is 0 Å². The molecule has 3 nitrogen and oxygen atoms in total. The van der Waals surface area contributed by atoms with Crippen LogP contribution in [-0.2, 0) is 0 Å². The second-order valence-electron chi connectivity index (χ2n) is 4.31. The Morgan fingerprint density at radius 1 is 1.30 bits per heavy atom. The Labute approximate surface area is 124 Å². The molecule has 0 aliphatic rings. The van der Waals surface area contributed by atoms with Crippen molar-refractivity contribution in [1.82, 2.24) is 0 Å². The third-order valence-electron chi connectivity index (χ3n) is 2.79. The fourth-order valence-corrected chi connectivity index (χ4v) is 2.18. The number of hydrogen-bond acceptors (Lipinski definition) is 3. The lowest BCUT2D eigenvalue weighted by atomic mass is 10.1. The zero-order valence-corrected chi connectivity index (χ0v) is 12.3. The molecule has 0 saturated carbocycles. The SMILES string of the molecule is C[C@@H](N)c1ccc(Oc2cccc(F)c2C#N)c(Br)c1. The Hall–Kier alpha value is -1.90. The van der Waals surface area contributed by atoms with Crippen molar-refractivity contribution in [1.29, 1.82) is 5.26 Å². The number of rotatable bonds is 3. The van der Waals surface area contributed by atoms with Crippen LogP contribution in [0.1, 0.15) is 24.1 Å². The molecule has 0 amide bonds. The molecule has 0 spiro atoms. The fraction of sp³-hybridized carbons (Fsp3) is 0.133. The van der Waals surface area contributed by atoms with E-state index in [9.17, 15) is 4.39 Å². The van der Waals surface area contributed by atoms with Gasteiger partial charge in [0.05, 0.1) is 4.47 Å². The highest BCUT2D eigenvalue weighted by molar-refractivity contribution is 9.10. The predicted molar refractivity (Wildman–Crippen MR) is 77.9 cm³/mol. The number of halogens is 2. The fourth-order valence-electron chi connectivity index (χ4n) is 1.70. The first-order valence-electron chi connectivity index (χ1n) is 5.94. The molecule has 5 heteroatoms. The smallest absolute Gasteiger partial charge is 0.148 e. The van der Waals surface area contributed by atoms with E-state index in [1.165, 1.54) is 12.1 Å². The molecule has 2 N–H and O–H groups in total. The Kier molecular flexibility index (Phi) is 4.38. The van der Waals surface area contributed by atoms with Crippen molar-refractivity contribution in [3.8, 4) is 17.6 Å². The molecule has 2 rings (SSSR count). The minimum Gasteiger partial charge on any atom is -0.455 e.